The fourth-order valence-corrected chi connectivity index (χ4v) is 22.7. The van der Waals surface area contributed by atoms with Crippen molar-refractivity contribution >= 4 is 101 Å². The van der Waals surface area contributed by atoms with E-state index in [1.165, 1.54) is 118 Å². The first-order chi connectivity index (χ1) is 38.7. The van der Waals surface area contributed by atoms with E-state index in [-0.39, 0.29) is 0 Å². The minimum Gasteiger partial charge on any atom is -0.0623 e. The van der Waals surface area contributed by atoms with Gasteiger partial charge in [-0.15, -0.1) is 0 Å². The molecular weight excluding hydrogens is 969 g/mol. The van der Waals surface area contributed by atoms with Gasteiger partial charge in [0.15, 0.2) is 16.1 Å². The summed E-state index contributed by atoms with van der Waals surface area (Å²) in [6.45, 7) is 0. The van der Waals surface area contributed by atoms with Gasteiger partial charge in [0.05, 0.1) is 0 Å². The van der Waals surface area contributed by atoms with E-state index in [1.54, 1.807) is 0 Å². The van der Waals surface area contributed by atoms with Crippen molar-refractivity contribution in [3.05, 3.63) is 328 Å². The Hall–Kier alpha value is -9.45. The Morgan fingerprint density at radius 3 is 1.00 bits per heavy atom. The van der Waals surface area contributed by atoms with Gasteiger partial charge in [0.25, 0.3) is 0 Å². The first-order valence-corrected chi connectivity index (χ1v) is 31.1. The van der Waals surface area contributed by atoms with Crippen LogP contribution in [0.2, 0.25) is 0 Å². The van der Waals surface area contributed by atoms with E-state index in [9.17, 15) is 0 Å². The molecule has 0 aliphatic carbocycles. The van der Waals surface area contributed by atoms with Gasteiger partial charge in [0, 0.05) is 0 Å². The largest absolute Gasteiger partial charge is 0.179 e. The predicted octanol–water partition coefficient (Wildman–Crippen LogP) is 14.1. The van der Waals surface area contributed by atoms with Gasteiger partial charge in [0.2, 0.25) is 0 Å². The molecular formula is C76H54Si2. The quantitative estimate of drug-likeness (QED) is 0.0688. The van der Waals surface area contributed by atoms with Crippen LogP contribution in [0.5, 0.6) is 0 Å². The van der Waals surface area contributed by atoms with E-state index in [1.807, 2.05) is 0 Å². The first kappa shape index (κ1) is 47.0. The first-order valence-electron chi connectivity index (χ1n) is 27.1. The number of rotatable bonds is 11. The van der Waals surface area contributed by atoms with E-state index >= 15 is 0 Å². The summed E-state index contributed by atoms with van der Waals surface area (Å²) in [6, 6.07) is 124. The Balaban J connectivity index is 1.17. The fourth-order valence-electron chi connectivity index (χ4n) is 13.1. The van der Waals surface area contributed by atoms with Crippen LogP contribution in [0.25, 0.3) is 76.5 Å². The molecule has 0 aliphatic rings. The van der Waals surface area contributed by atoms with E-state index in [0.717, 1.165) is 0 Å². The second-order valence-electron chi connectivity index (χ2n) is 20.6. The summed E-state index contributed by atoms with van der Waals surface area (Å²) in [5.74, 6) is 0. The zero-order valence-electron chi connectivity index (χ0n) is 43.2. The average molecular weight is 1020 g/mol. The van der Waals surface area contributed by atoms with Crippen LogP contribution in [0.3, 0.4) is 0 Å². The van der Waals surface area contributed by atoms with Crippen molar-refractivity contribution in [3.63, 3.8) is 0 Å². The van der Waals surface area contributed by atoms with Crippen LogP contribution in [0.1, 0.15) is 0 Å². The molecule has 0 bridgehead atoms. The van der Waals surface area contributed by atoms with Crippen molar-refractivity contribution < 1.29 is 0 Å². The molecule has 0 aliphatic heterocycles. The van der Waals surface area contributed by atoms with Crippen LogP contribution in [-0.4, -0.2) is 16.1 Å². The molecule has 78 heavy (non-hydrogen) atoms. The van der Waals surface area contributed by atoms with Crippen LogP contribution in [-0.2, 0) is 0 Å². The molecule has 366 valence electrons. The SMILES string of the molecule is c1ccc([Si](c2ccccc2)(c2ccccc2)c2ccc3c(-c4cccc(-c5cccc6ccccc56)c4)c4ccc([Si](c5ccccc5)(c5ccccc5)c5ccccc5)cc4c(-c4ccc5ccccc5c4)c3c2)cc1. The van der Waals surface area contributed by atoms with Crippen molar-refractivity contribution in [3.8, 4) is 33.4 Å². The molecule has 14 rings (SSSR count). The summed E-state index contributed by atoms with van der Waals surface area (Å²) in [6.07, 6.45) is 0. The molecule has 0 saturated carbocycles. The maximum atomic E-state index is 2.62. The Labute approximate surface area is 458 Å². The van der Waals surface area contributed by atoms with Crippen molar-refractivity contribution in [2.45, 2.75) is 0 Å². The third kappa shape index (κ3) is 7.79. The highest BCUT2D eigenvalue weighted by molar-refractivity contribution is 7.20. The predicted molar refractivity (Wildman–Crippen MR) is 340 cm³/mol. The highest BCUT2D eigenvalue weighted by Gasteiger charge is 2.43. The van der Waals surface area contributed by atoms with Gasteiger partial charge in [0.1, 0.15) is 0 Å². The lowest BCUT2D eigenvalue weighted by Gasteiger charge is -2.35. The molecule has 14 aromatic rings. The van der Waals surface area contributed by atoms with Gasteiger partial charge in [-0.3, -0.25) is 0 Å². The lowest BCUT2D eigenvalue weighted by molar-refractivity contribution is 1.63. The summed E-state index contributed by atoms with van der Waals surface area (Å²) < 4.78 is 0. The molecule has 0 nitrogen and oxygen atoms in total. The smallest absolute Gasteiger partial charge is 0.0623 e. The number of fused-ring (bicyclic) bond motifs is 4. The second-order valence-corrected chi connectivity index (χ2v) is 28.3. The van der Waals surface area contributed by atoms with Gasteiger partial charge < -0.3 is 0 Å². The van der Waals surface area contributed by atoms with Crippen LogP contribution in [0.15, 0.2) is 328 Å². The molecule has 0 N–H and O–H groups in total. The Bertz CT molecular complexity index is 4080. The molecule has 0 radical (unpaired) electrons. The molecule has 0 atom stereocenters. The molecule has 0 saturated heterocycles. The topological polar surface area (TPSA) is 0 Å². The number of hydrogen-bond donors (Lipinski definition) is 0. The molecule has 0 heterocycles. The highest BCUT2D eigenvalue weighted by Crippen LogP contribution is 2.45. The van der Waals surface area contributed by atoms with Crippen LogP contribution < -0.4 is 41.5 Å². The van der Waals surface area contributed by atoms with Crippen LogP contribution >= 0.6 is 0 Å². The minimum atomic E-state index is -2.99. The maximum Gasteiger partial charge on any atom is 0.179 e. The highest BCUT2D eigenvalue weighted by atomic mass is 28.3. The number of hydrogen-bond acceptors (Lipinski definition) is 0. The van der Waals surface area contributed by atoms with Crippen molar-refractivity contribution in [1.29, 1.82) is 0 Å². The summed E-state index contributed by atoms with van der Waals surface area (Å²) in [5.41, 5.74) is 7.31. The minimum absolute atomic E-state index is 1.19. The van der Waals surface area contributed by atoms with Gasteiger partial charge >= 0.3 is 0 Å². The van der Waals surface area contributed by atoms with Crippen molar-refractivity contribution in [2.75, 3.05) is 0 Å². The summed E-state index contributed by atoms with van der Waals surface area (Å²) in [4.78, 5) is 0. The van der Waals surface area contributed by atoms with Gasteiger partial charge in [-0.1, -0.05) is 315 Å². The van der Waals surface area contributed by atoms with Crippen LogP contribution in [0.4, 0.5) is 0 Å². The Kier molecular flexibility index (Phi) is 12.0. The average Bonchev–Trinajstić information content (AvgIpc) is 3.71. The Morgan fingerprint density at radius 1 is 0.167 bits per heavy atom. The molecule has 14 aromatic carbocycles. The molecule has 0 unspecified atom stereocenters. The van der Waals surface area contributed by atoms with Crippen molar-refractivity contribution in [1.82, 2.24) is 0 Å². The molecule has 0 amide bonds. The molecule has 2 heteroatoms. The zero-order chi connectivity index (χ0) is 51.9. The summed E-state index contributed by atoms with van der Waals surface area (Å²) >= 11 is 0. The lowest BCUT2D eigenvalue weighted by Crippen LogP contribution is -2.74. The molecule has 0 aromatic heterocycles. The van der Waals surface area contributed by atoms with Crippen LogP contribution in [0, 0.1) is 0 Å². The number of benzene rings is 14. The summed E-state index contributed by atoms with van der Waals surface area (Å²) in [5, 5.41) is 20.7. The monoisotopic (exact) mass is 1020 g/mol. The summed E-state index contributed by atoms with van der Waals surface area (Å²) in [7, 11) is -5.99. The molecule has 0 spiro atoms. The van der Waals surface area contributed by atoms with Gasteiger partial charge in [-0.2, -0.15) is 0 Å². The van der Waals surface area contributed by atoms with E-state index < -0.39 is 16.1 Å². The molecule has 0 fully saturated rings. The van der Waals surface area contributed by atoms with Gasteiger partial charge in [-0.25, -0.2) is 0 Å². The third-order valence-electron chi connectivity index (χ3n) is 16.5. The third-order valence-corrected chi connectivity index (χ3v) is 26.1. The second kappa shape index (κ2) is 19.9. The normalized spacial score (nSPS) is 11.8. The maximum absolute atomic E-state index is 2.99. The Morgan fingerprint density at radius 2 is 0.526 bits per heavy atom. The lowest BCUT2D eigenvalue weighted by atomic mass is 9.85. The fraction of sp³-hybridized carbons (Fsp3) is 0. The standard InChI is InChI=1S/C76H54Si2/c1-7-31-61(32-8-1)77(62-33-9-2-10-34-62,63-35-11-3-12-36-63)67-47-49-71-73(53-67)76(60-46-45-55-25-19-20-27-57(55)51-60)74-54-68(78(64-37-13-4-14-38-64,65-39-15-5-16-40-65)66-41-17-6-18-42-66)48-50-72(74)75(71)59-30-23-29-58(52-59)70-44-24-28-56-26-21-22-43-69(56)70/h1-54H. The van der Waals surface area contributed by atoms with E-state index in [2.05, 4.69) is 328 Å². The van der Waals surface area contributed by atoms with E-state index in [4.69, 9.17) is 0 Å². The zero-order valence-corrected chi connectivity index (χ0v) is 45.2. The van der Waals surface area contributed by atoms with Gasteiger partial charge in [-0.05, 0) is 130 Å². The van der Waals surface area contributed by atoms with Crippen molar-refractivity contribution in [2.24, 2.45) is 0 Å². The van der Waals surface area contributed by atoms with E-state index in [0.29, 0.717) is 0 Å².